The molecule has 0 N–H and O–H groups in total. The molecular weight excluding hydrogens is 226 g/mol. The lowest BCUT2D eigenvalue weighted by Crippen LogP contribution is -2.37. The molecule has 2 saturated heterocycles. The molecule has 4 atom stereocenters. The molecule has 4 rings (SSSR count). The maximum atomic E-state index is 12.5. The fourth-order valence-corrected chi connectivity index (χ4v) is 3.98. The SMILES string of the molecule is CC1(C)[C@@H]2[C@H]1C(=O)N1[C@H](c3ccccc3)OC[C@@H]21. The Bertz CT molecular complexity index is 510. The van der Waals surface area contributed by atoms with Crippen molar-refractivity contribution in [2.24, 2.45) is 17.3 Å². The van der Waals surface area contributed by atoms with Crippen molar-refractivity contribution in [2.75, 3.05) is 6.61 Å². The molecule has 0 spiro atoms. The molecule has 3 heteroatoms. The van der Waals surface area contributed by atoms with E-state index < -0.39 is 0 Å². The van der Waals surface area contributed by atoms with E-state index in [4.69, 9.17) is 4.74 Å². The second-order valence-electron chi connectivity index (χ2n) is 6.23. The third kappa shape index (κ3) is 1.11. The van der Waals surface area contributed by atoms with Crippen LogP contribution in [0.4, 0.5) is 0 Å². The molecule has 3 aliphatic rings. The maximum absolute atomic E-state index is 12.5. The van der Waals surface area contributed by atoms with Crippen LogP contribution in [0, 0.1) is 17.3 Å². The number of carbonyl (C=O) groups excluding carboxylic acids is 1. The molecule has 2 aliphatic heterocycles. The summed E-state index contributed by atoms with van der Waals surface area (Å²) in [5.74, 6) is 1.03. The molecule has 0 radical (unpaired) electrons. The second-order valence-corrected chi connectivity index (χ2v) is 6.23. The number of benzene rings is 1. The Kier molecular flexibility index (Phi) is 1.85. The summed E-state index contributed by atoms with van der Waals surface area (Å²) in [6.45, 7) is 5.09. The van der Waals surface area contributed by atoms with Gasteiger partial charge in [-0.1, -0.05) is 44.2 Å². The van der Waals surface area contributed by atoms with Crippen LogP contribution in [0.3, 0.4) is 0 Å². The highest BCUT2D eigenvalue weighted by molar-refractivity contribution is 5.87. The van der Waals surface area contributed by atoms with Crippen LogP contribution in [0.25, 0.3) is 0 Å². The quantitative estimate of drug-likeness (QED) is 0.756. The minimum atomic E-state index is -0.160. The Balaban J connectivity index is 1.67. The topological polar surface area (TPSA) is 29.5 Å². The summed E-state index contributed by atoms with van der Waals surface area (Å²) >= 11 is 0. The van der Waals surface area contributed by atoms with Crippen LogP contribution in [0.2, 0.25) is 0 Å². The maximum Gasteiger partial charge on any atom is 0.229 e. The molecule has 0 aromatic heterocycles. The Morgan fingerprint density at radius 2 is 2.00 bits per heavy atom. The van der Waals surface area contributed by atoms with E-state index in [0.717, 1.165) is 5.56 Å². The molecule has 1 saturated carbocycles. The fraction of sp³-hybridized carbons (Fsp3) is 0.533. The highest BCUT2D eigenvalue weighted by Gasteiger charge is 2.73. The minimum absolute atomic E-state index is 0.160. The van der Waals surface area contributed by atoms with Crippen molar-refractivity contribution in [3.63, 3.8) is 0 Å². The molecule has 1 aromatic rings. The number of carbonyl (C=O) groups is 1. The third-order valence-corrected chi connectivity index (χ3v) is 4.97. The van der Waals surface area contributed by atoms with E-state index in [0.29, 0.717) is 24.5 Å². The summed E-state index contributed by atoms with van der Waals surface area (Å²) in [5.41, 5.74) is 1.28. The lowest BCUT2D eigenvalue weighted by atomic mass is 10.0. The average molecular weight is 243 g/mol. The largest absolute Gasteiger partial charge is 0.352 e. The van der Waals surface area contributed by atoms with Gasteiger partial charge in [-0.15, -0.1) is 0 Å². The molecular formula is C15H17NO2. The van der Waals surface area contributed by atoms with Gasteiger partial charge in [-0.2, -0.15) is 0 Å². The minimum Gasteiger partial charge on any atom is -0.352 e. The molecule has 18 heavy (non-hydrogen) atoms. The van der Waals surface area contributed by atoms with Gasteiger partial charge in [0, 0.05) is 11.5 Å². The first-order valence-corrected chi connectivity index (χ1v) is 6.61. The number of amides is 1. The summed E-state index contributed by atoms with van der Waals surface area (Å²) in [5, 5.41) is 0. The van der Waals surface area contributed by atoms with E-state index in [9.17, 15) is 4.79 Å². The Labute approximate surface area is 107 Å². The Hall–Kier alpha value is -1.35. The predicted molar refractivity (Wildman–Crippen MR) is 66.5 cm³/mol. The lowest BCUT2D eigenvalue weighted by molar-refractivity contribution is -0.137. The first-order chi connectivity index (χ1) is 8.62. The number of piperidine rings is 1. The number of rotatable bonds is 1. The summed E-state index contributed by atoms with van der Waals surface area (Å²) < 4.78 is 5.87. The van der Waals surface area contributed by atoms with Crippen LogP contribution in [0.5, 0.6) is 0 Å². The van der Waals surface area contributed by atoms with Gasteiger partial charge in [-0.05, 0) is 11.3 Å². The summed E-state index contributed by atoms with van der Waals surface area (Å²) in [4.78, 5) is 14.5. The van der Waals surface area contributed by atoms with E-state index in [1.54, 1.807) is 0 Å². The molecule has 0 unspecified atom stereocenters. The van der Waals surface area contributed by atoms with Crippen molar-refractivity contribution in [1.29, 1.82) is 0 Å². The van der Waals surface area contributed by atoms with Crippen LogP contribution in [0.15, 0.2) is 30.3 Å². The zero-order valence-corrected chi connectivity index (χ0v) is 10.7. The molecule has 1 amide bonds. The first kappa shape index (κ1) is 10.6. The monoisotopic (exact) mass is 243 g/mol. The van der Waals surface area contributed by atoms with Crippen molar-refractivity contribution < 1.29 is 9.53 Å². The smallest absolute Gasteiger partial charge is 0.229 e. The summed E-state index contributed by atoms with van der Waals surface area (Å²) in [6, 6.07) is 10.4. The van der Waals surface area contributed by atoms with Crippen LogP contribution in [-0.4, -0.2) is 23.5 Å². The van der Waals surface area contributed by atoms with Gasteiger partial charge in [-0.25, -0.2) is 0 Å². The molecule has 2 heterocycles. The zero-order valence-electron chi connectivity index (χ0n) is 10.7. The Morgan fingerprint density at radius 3 is 2.72 bits per heavy atom. The normalized spacial score (nSPS) is 39.7. The molecule has 94 valence electrons. The zero-order chi connectivity index (χ0) is 12.5. The van der Waals surface area contributed by atoms with E-state index in [2.05, 4.69) is 13.8 Å². The molecule has 0 bridgehead atoms. The van der Waals surface area contributed by atoms with Gasteiger partial charge >= 0.3 is 0 Å². The van der Waals surface area contributed by atoms with Crippen molar-refractivity contribution in [3.8, 4) is 0 Å². The number of ether oxygens (including phenoxy) is 1. The third-order valence-electron chi connectivity index (χ3n) is 4.97. The first-order valence-electron chi connectivity index (χ1n) is 6.61. The van der Waals surface area contributed by atoms with Crippen LogP contribution < -0.4 is 0 Å². The number of hydrogen-bond donors (Lipinski definition) is 0. The molecule has 3 nitrogen and oxygen atoms in total. The average Bonchev–Trinajstić information content (AvgIpc) is 2.70. The second kappa shape index (κ2) is 3.15. The van der Waals surface area contributed by atoms with E-state index in [1.165, 1.54) is 0 Å². The number of nitrogens with zero attached hydrogens (tertiary/aromatic N) is 1. The molecule has 1 aliphatic carbocycles. The van der Waals surface area contributed by atoms with Crippen molar-refractivity contribution in [3.05, 3.63) is 35.9 Å². The fourth-order valence-electron chi connectivity index (χ4n) is 3.98. The van der Waals surface area contributed by atoms with Crippen LogP contribution >= 0.6 is 0 Å². The van der Waals surface area contributed by atoms with E-state index in [-0.39, 0.29) is 17.6 Å². The summed E-state index contributed by atoms with van der Waals surface area (Å²) in [6.07, 6.45) is -0.160. The Morgan fingerprint density at radius 1 is 1.28 bits per heavy atom. The van der Waals surface area contributed by atoms with Gasteiger partial charge in [0.2, 0.25) is 5.91 Å². The lowest BCUT2D eigenvalue weighted by Gasteiger charge is -2.27. The highest BCUT2D eigenvalue weighted by Crippen LogP contribution is 2.67. The number of fused-ring (bicyclic) bond motifs is 3. The highest BCUT2D eigenvalue weighted by atomic mass is 16.5. The molecule has 1 aromatic carbocycles. The predicted octanol–water partition coefficient (Wildman–Crippen LogP) is 2.20. The van der Waals surface area contributed by atoms with E-state index >= 15 is 0 Å². The van der Waals surface area contributed by atoms with Crippen molar-refractivity contribution >= 4 is 5.91 Å². The van der Waals surface area contributed by atoms with E-state index in [1.807, 2.05) is 35.2 Å². The van der Waals surface area contributed by atoms with Gasteiger partial charge in [-0.3, -0.25) is 4.79 Å². The van der Waals surface area contributed by atoms with Crippen molar-refractivity contribution in [2.45, 2.75) is 26.1 Å². The van der Waals surface area contributed by atoms with Crippen LogP contribution in [-0.2, 0) is 9.53 Å². The molecule has 3 fully saturated rings. The summed E-state index contributed by atoms with van der Waals surface area (Å²) in [7, 11) is 0. The van der Waals surface area contributed by atoms with Gasteiger partial charge in [0.1, 0.15) is 0 Å². The standard InChI is InChI=1S/C15H17NO2/c1-15(2)11-10-8-18-14(9-6-4-3-5-7-9)16(10)13(17)12(11)15/h3-7,10-12,14H,8H2,1-2H3/t10-,11-,12-,14-/m0/s1. The number of hydrogen-bond acceptors (Lipinski definition) is 2. The van der Waals surface area contributed by atoms with Gasteiger partial charge < -0.3 is 9.64 Å². The van der Waals surface area contributed by atoms with Gasteiger partial charge in [0.05, 0.1) is 12.6 Å². The van der Waals surface area contributed by atoms with Gasteiger partial charge in [0.15, 0.2) is 6.23 Å². The van der Waals surface area contributed by atoms with Crippen LogP contribution in [0.1, 0.15) is 25.6 Å². The van der Waals surface area contributed by atoms with Crippen molar-refractivity contribution in [1.82, 2.24) is 4.90 Å². The van der Waals surface area contributed by atoms with Gasteiger partial charge in [0.25, 0.3) is 0 Å².